The highest BCUT2D eigenvalue weighted by Gasteiger charge is 2.33. The van der Waals surface area contributed by atoms with E-state index in [1.165, 1.54) is 20.8 Å². The number of carboxylic acid groups (broad SMARTS) is 2. The summed E-state index contributed by atoms with van der Waals surface area (Å²) < 4.78 is 9.85. The summed E-state index contributed by atoms with van der Waals surface area (Å²) in [5.74, 6) is -8.73. The largest absolute Gasteiger partial charge is 0.481 e. The first-order valence-corrected chi connectivity index (χ1v) is 15.0. The van der Waals surface area contributed by atoms with Crippen LogP contribution in [0, 0.1) is 11.8 Å². The number of alkyl carbamates (subject to hydrolysis) is 1. The van der Waals surface area contributed by atoms with Crippen LogP contribution in [0.3, 0.4) is 0 Å². The number of hydrogen-bond acceptors (Lipinski definition) is 10. The first-order valence-electron chi connectivity index (χ1n) is 15.0. The third kappa shape index (κ3) is 15.2. The number of hydrogen-bond donors (Lipinski definition) is 6. The average Bonchev–Trinajstić information content (AvgIpc) is 3.01. The number of aliphatic carboxylic acids is 2. The molecule has 0 aliphatic heterocycles. The highest BCUT2D eigenvalue weighted by Crippen LogP contribution is 2.09. The second-order valence-corrected chi connectivity index (χ2v) is 11.0. The maximum absolute atomic E-state index is 13.4. The fourth-order valence-corrected chi connectivity index (χ4v) is 3.94. The Morgan fingerprint density at radius 3 is 1.92 bits per heavy atom. The van der Waals surface area contributed by atoms with Gasteiger partial charge in [-0.05, 0) is 30.7 Å². The smallest absolute Gasteiger partial charge is 0.408 e. The Kier molecular flexibility index (Phi) is 17.4. The summed E-state index contributed by atoms with van der Waals surface area (Å²) >= 11 is 0. The van der Waals surface area contributed by atoms with Crippen molar-refractivity contribution in [2.24, 2.45) is 11.8 Å². The van der Waals surface area contributed by atoms with E-state index in [0.29, 0.717) is 16.6 Å². The van der Waals surface area contributed by atoms with Crippen molar-refractivity contribution in [3.05, 3.63) is 48.0 Å². The molecule has 48 heavy (non-hydrogen) atoms. The Morgan fingerprint density at radius 2 is 1.38 bits per heavy atom. The van der Waals surface area contributed by atoms with Gasteiger partial charge in [-0.3, -0.25) is 34.2 Å². The molecule has 0 aliphatic rings. The number of carboxylic acids is 2. The van der Waals surface area contributed by atoms with Crippen LogP contribution in [0.1, 0.15) is 53.0 Å². The van der Waals surface area contributed by atoms with E-state index in [0.717, 1.165) is 6.08 Å². The van der Waals surface area contributed by atoms with Crippen molar-refractivity contribution in [2.45, 2.75) is 72.2 Å². The quantitative estimate of drug-likeness (QED) is 0.0706. The van der Waals surface area contributed by atoms with Crippen LogP contribution in [-0.4, -0.2) is 94.1 Å². The zero-order valence-corrected chi connectivity index (χ0v) is 27.4. The van der Waals surface area contributed by atoms with Crippen LogP contribution < -0.4 is 21.4 Å². The first-order chi connectivity index (χ1) is 22.5. The molecule has 0 bridgehead atoms. The summed E-state index contributed by atoms with van der Waals surface area (Å²) in [6.45, 7) is 6.78. The number of amides is 5. The van der Waals surface area contributed by atoms with Gasteiger partial charge in [0.05, 0.1) is 6.61 Å². The molecule has 0 aromatic heterocycles. The molecule has 0 unspecified atom stereocenters. The van der Waals surface area contributed by atoms with Gasteiger partial charge < -0.3 is 35.6 Å². The van der Waals surface area contributed by atoms with E-state index in [1.54, 1.807) is 44.2 Å². The predicted molar refractivity (Wildman–Crippen MR) is 167 cm³/mol. The monoisotopic (exact) mass is 677 g/mol. The SMILES string of the molecule is CCOC(=O)/C=C/C(=O)N(CC(=O)O)NC(=O)[C@@H](NC(=O)[C@H](CCC(=O)O)NC(=O)[C@@H](NC(=O)OCc1ccccc1)C(C)C)C(C)C. The molecule has 5 amide bonds. The lowest BCUT2D eigenvalue weighted by Crippen LogP contribution is -2.60. The predicted octanol–water partition coefficient (Wildman–Crippen LogP) is 0.492. The van der Waals surface area contributed by atoms with Gasteiger partial charge in [-0.1, -0.05) is 58.0 Å². The Balaban J connectivity index is 3.10. The fourth-order valence-electron chi connectivity index (χ4n) is 3.94. The van der Waals surface area contributed by atoms with Crippen LogP contribution in [0.25, 0.3) is 0 Å². The summed E-state index contributed by atoms with van der Waals surface area (Å²) in [6, 6.07) is 4.68. The van der Waals surface area contributed by atoms with Gasteiger partial charge >= 0.3 is 24.0 Å². The second-order valence-electron chi connectivity index (χ2n) is 11.0. The van der Waals surface area contributed by atoms with Crippen LogP contribution in [0.5, 0.6) is 0 Å². The van der Waals surface area contributed by atoms with E-state index in [2.05, 4.69) is 26.1 Å². The van der Waals surface area contributed by atoms with E-state index in [4.69, 9.17) is 4.74 Å². The molecular formula is C31H43N5O12. The maximum atomic E-state index is 13.4. The van der Waals surface area contributed by atoms with Gasteiger partial charge in [-0.15, -0.1) is 0 Å². The fraction of sp³-hybridized carbons (Fsp3) is 0.484. The summed E-state index contributed by atoms with van der Waals surface area (Å²) in [7, 11) is 0. The minimum atomic E-state index is -1.51. The van der Waals surface area contributed by atoms with Crippen LogP contribution in [-0.2, 0) is 49.6 Å². The topological polar surface area (TPSA) is 247 Å². The minimum Gasteiger partial charge on any atom is -0.481 e. The standard InChI is InChI=1S/C31H43N5O12/c1-6-47-25(42)15-13-22(37)36(16-24(40)41)35-30(45)27(19(4)5)33-28(43)21(12-14-23(38)39)32-29(44)26(18(2)3)34-31(46)48-17-20-10-8-7-9-11-20/h7-11,13,15,18-19,21,26-27H,6,12,14,16-17H2,1-5H3,(H,32,44)(H,33,43)(H,34,46)(H,35,45)(H,38,39)(H,40,41)/b15-13+/t21-,26-,27-/m0/s1. The van der Waals surface area contributed by atoms with Gasteiger partial charge in [0.2, 0.25) is 11.8 Å². The van der Waals surface area contributed by atoms with Crippen LogP contribution in [0.2, 0.25) is 0 Å². The van der Waals surface area contributed by atoms with Crippen LogP contribution in [0.4, 0.5) is 4.79 Å². The maximum Gasteiger partial charge on any atom is 0.408 e. The molecule has 1 aromatic rings. The van der Waals surface area contributed by atoms with Gasteiger partial charge in [-0.25, -0.2) is 14.6 Å². The molecule has 3 atom stereocenters. The lowest BCUT2D eigenvalue weighted by Gasteiger charge is -2.29. The Bertz CT molecular complexity index is 1330. The molecule has 0 spiro atoms. The average molecular weight is 678 g/mol. The molecule has 0 radical (unpaired) electrons. The lowest BCUT2D eigenvalue weighted by molar-refractivity contribution is -0.148. The number of rotatable bonds is 18. The molecule has 0 saturated heterocycles. The number of ether oxygens (including phenoxy) is 2. The van der Waals surface area contributed by atoms with Crippen molar-refractivity contribution >= 4 is 47.6 Å². The Morgan fingerprint density at radius 1 is 0.771 bits per heavy atom. The second kappa shape index (κ2) is 20.6. The van der Waals surface area contributed by atoms with E-state index in [1.807, 2.05) is 0 Å². The van der Waals surface area contributed by atoms with Gasteiger partial charge in [0.25, 0.3) is 11.8 Å². The van der Waals surface area contributed by atoms with E-state index >= 15 is 0 Å². The third-order valence-corrected chi connectivity index (χ3v) is 6.42. The van der Waals surface area contributed by atoms with Gasteiger partial charge in [0.1, 0.15) is 31.3 Å². The number of carbonyl (C=O) groups is 8. The number of hydrazine groups is 1. The summed E-state index contributed by atoms with van der Waals surface area (Å²) in [4.78, 5) is 99.1. The summed E-state index contributed by atoms with van der Waals surface area (Å²) in [5.41, 5.74) is 2.81. The number of benzene rings is 1. The zero-order chi connectivity index (χ0) is 36.4. The highest BCUT2D eigenvalue weighted by molar-refractivity contribution is 5.98. The number of nitrogens with zero attached hydrogens (tertiary/aromatic N) is 1. The van der Waals surface area contributed by atoms with Gasteiger partial charge in [0, 0.05) is 18.6 Å². The molecule has 0 heterocycles. The molecule has 6 N–H and O–H groups in total. The van der Waals surface area contributed by atoms with Crippen molar-refractivity contribution in [2.75, 3.05) is 13.2 Å². The van der Waals surface area contributed by atoms with Crippen molar-refractivity contribution < 1.29 is 58.0 Å². The van der Waals surface area contributed by atoms with Gasteiger partial charge in [0.15, 0.2) is 0 Å². The van der Waals surface area contributed by atoms with Crippen LogP contribution in [0.15, 0.2) is 42.5 Å². The molecule has 0 aliphatic carbocycles. The molecule has 0 fully saturated rings. The van der Waals surface area contributed by atoms with Crippen molar-refractivity contribution in [1.29, 1.82) is 0 Å². The van der Waals surface area contributed by atoms with Crippen molar-refractivity contribution in [3.63, 3.8) is 0 Å². The van der Waals surface area contributed by atoms with E-state index in [9.17, 15) is 48.6 Å². The number of esters is 1. The van der Waals surface area contributed by atoms with Crippen molar-refractivity contribution in [3.8, 4) is 0 Å². The molecule has 17 heteroatoms. The minimum absolute atomic E-state index is 0.0204. The van der Waals surface area contributed by atoms with E-state index < -0.39 is 97.0 Å². The molecule has 0 saturated carbocycles. The molecule has 264 valence electrons. The third-order valence-electron chi connectivity index (χ3n) is 6.42. The highest BCUT2D eigenvalue weighted by atomic mass is 16.5. The lowest BCUT2D eigenvalue weighted by atomic mass is 10.0. The first kappa shape index (κ1) is 40.5. The summed E-state index contributed by atoms with van der Waals surface area (Å²) in [6.07, 6.45) is -0.424. The van der Waals surface area contributed by atoms with Gasteiger partial charge in [-0.2, -0.15) is 0 Å². The number of carbonyl (C=O) groups excluding carboxylic acids is 6. The molecule has 1 rings (SSSR count). The Labute approximate surface area is 277 Å². The zero-order valence-electron chi connectivity index (χ0n) is 27.4. The number of nitrogens with one attached hydrogen (secondary N) is 4. The molecular weight excluding hydrogens is 634 g/mol. The summed E-state index contributed by atoms with van der Waals surface area (Å²) in [5, 5.41) is 26.1. The van der Waals surface area contributed by atoms with Crippen molar-refractivity contribution in [1.82, 2.24) is 26.4 Å². The van der Waals surface area contributed by atoms with Crippen LogP contribution >= 0.6 is 0 Å². The van der Waals surface area contributed by atoms with E-state index in [-0.39, 0.29) is 13.2 Å². The normalized spacial score (nSPS) is 12.7. The molecule has 1 aromatic carbocycles. The Hall–Kier alpha value is -5.48. The molecule has 17 nitrogen and oxygen atoms in total.